The Morgan fingerprint density at radius 2 is 1.75 bits per heavy atom. The van der Waals surface area contributed by atoms with Gasteiger partial charge in [-0.1, -0.05) is 32.4 Å². The minimum atomic E-state index is -5.13. The zero-order valence-electron chi connectivity index (χ0n) is 11.6. The molecule has 1 aliphatic heterocycles. The van der Waals surface area contributed by atoms with Gasteiger partial charge in [-0.2, -0.15) is 13.2 Å². The Labute approximate surface area is 114 Å². The third-order valence-electron chi connectivity index (χ3n) is 3.33. The van der Waals surface area contributed by atoms with Crippen LogP contribution in [0, 0.1) is 6.92 Å². The van der Waals surface area contributed by atoms with E-state index in [1.165, 1.54) is 0 Å². The molecule has 1 N–H and O–H groups in total. The summed E-state index contributed by atoms with van der Waals surface area (Å²) in [5.74, 6) is -1.89. The second-order valence-corrected chi connectivity index (χ2v) is 6.04. The number of aliphatic hydroxyl groups is 1. The molecule has 1 heterocycles. The van der Waals surface area contributed by atoms with E-state index in [0.29, 0.717) is 11.1 Å². The number of rotatable bonds is 0. The lowest BCUT2D eigenvalue weighted by molar-refractivity contribution is -0.258. The Balaban J connectivity index is 2.79. The van der Waals surface area contributed by atoms with Crippen molar-refractivity contribution in [2.75, 3.05) is 0 Å². The van der Waals surface area contributed by atoms with Crippen molar-refractivity contribution in [3.63, 3.8) is 0 Å². The summed E-state index contributed by atoms with van der Waals surface area (Å²) in [4.78, 5) is 11.6. The van der Waals surface area contributed by atoms with Crippen molar-refractivity contribution in [3.8, 4) is 5.75 Å². The first-order valence-corrected chi connectivity index (χ1v) is 6.06. The number of fused-ring (bicyclic) bond motifs is 1. The van der Waals surface area contributed by atoms with Crippen LogP contribution >= 0.6 is 0 Å². The van der Waals surface area contributed by atoms with Gasteiger partial charge in [0.2, 0.25) is 0 Å². The number of carbonyl (C=O) groups is 1. The number of hydrogen-bond acceptors (Lipinski definition) is 3. The summed E-state index contributed by atoms with van der Waals surface area (Å²) < 4.78 is 44.0. The molecule has 0 amide bonds. The van der Waals surface area contributed by atoms with E-state index in [-0.39, 0.29) is 5.75 Å². The van der Waals surface area contributed by atoms with Gasteiger partial charge >= 0.3 is 12.1 Å². The first-order valence-electron chi connectivity index (χ1n) is 6.06. The number of halogens is 3. The Morgan fingerprint density at radius 3 is 2.20 bits per heavy atom. The van der Waals surface area contributed by atoms with Crippen molar-refractivity contribution in [2.24, 2.45) is 0 Å². The van der Waals surface area contributed by atoms with Crippen LogP contribution < -0.4 is 4.74 Å². The van der Waals surface area contributed by atoms with Gasteiger partial charge in [-0.3, -0.25) is 0 Å². The summed E-state index contributed by atoms with van der Waals surface area (Å²) in [6.07, 6.45) is -5.13. The number of alkyl halides is 3. The molecule has 6 heteroatoms. The fourth-order valence-electron chi connectivity index (χ4n) is 2.25. The van der Waals surface area contributed by atoms with Gasteiger partial charge < -0.3 is 9.84 Å². The molecule has 2 rings (SSSR count). The third kappa shape index (κ3) is 1.90. The highest BCUT2D eigenvalue weighted by Gasteiger charge is 2.67. The maximum atomic E-state index is 13.1. The summed E-state index contributed by atoms with van der Waals surface area (Å²) in [7, 11) is 0. The molecular formula is C14H15F3O3. The number of esters is 1. The SMILES string of the molecule is Cc1cc(C(C)(C)C)c2c(c1)[C@](O)(C(F)(F)F)C(=O)O2. The predicted octanol–water partition coefficient (Wildman–Crippen LogP) is 2.96. The van der Waals surface area contributed by atoms with Gasteiger partial charge in [0.25, 0.3) is 5.60 Å². The standard InChI is InChI=1S/C14H15F3O3/c1-7-5-8(12(2,3)4)10-9(6-7)13(19,11(18)20-10)14(15,16)17/h5-6,19H,1-4H3/t13-/m1/s1. The molecule has 3 nitrogen and oxygen atoms in total. The Kier molecular flexibility index (Phi) is 2.95. The number of hydrogen-bond donors (Lipinski definition) is 1. The Bertz CT molecular complexity index is 585. The molecule has 110 valence electrons. The van der Waals surface area contributed by atoms with E-state index in [4.69, 9.17) is 4.74 Å². The van der Waals surface area contributed by atoms with Crippen molar-refractivity contribution in [1.29, 1.82) is 0 Å². The maximum Gasteiger partial charge on any atom is 0.432 e. The molecule has 0 saturated carbocycles. The molecule has 20 heavy (non-hydrogen) atoms. The average molecular weight is 288 g/mol. The zero-order valence-corrected chi connectivity index (χ0v) is 11.6. The molecule has 1 atom stereocenters. The lowest BCUT2D eigenvalue weighted by atomic mass is 9.82. The number of carbonyl (C=O) groups excluding carboxylic acids is 1. The van der Waals surface area contributed by atoms with Crippen LogP contribution in [0.15, 0.2) is 12.1 Å². The number of benzene rings is 1. The normalized spacial score (nSPS) is 22.7. The molecule has 0 saturated heterocycles. The monoisotopic (exact) mass is 288 g/mol. The average Bonchev–Trinajstić information content (AvgIpc) is 2.50. The van der Waals surface area contributed by atoms with Crippen molar-refractivity contribution in [1.82, 2.24) is 0 Å². The first-order chi connectivity index (χ1) is 8.89. The molecule has 0 spiro atoms. The highest BCUT2D eigenvalue weighted by Crippen LogP contribution is 2.51. The number of ether oxygens (including phenoxy) is 1. The van der Waals surface area contributed by atoms with E-state index in [1.807, 2.05) is 0 Å². The summed E-state index contributed by atoms with van der Waals surface area (Å²) in [6.45, 7) is 6.98. The molecular weight excluding hydrogens is 273 g/mol. The van der Waals surface area contributed by atoms with Crippen LogP contribution in [-0.4, -0.2) is 17.3 Å². The smallest absolute Gasteiger partial charge is 0.423 e. The largest absolute Gasteiger partial charge is 0.432 e. The van der Waals surface area contributed by atoms with Crippen molar-refractivity contribution in [2.45, 2.75) is 44.9 Å². The Morgan fingerprint density at radius 1 is 1.20 bits per heavy atom. The second-order valence-electron chi connectivity index (χ2n) is 6.04. The second kappa shape index (κ2) is 3.97. The van der Waals surface area contributed by atoms with Gasteiger partial charge in [0, 0.05) is 11.1 Å². The highest BCUT2D eigenvalue weighted by atomic mass is 19.4. The topological polar surface area (TPSA) is 46.5 Å². The van der Waals surface area contributed by atoms with Crippen LogP contribution in [0.3, 0.4) is 0 Å². The summed E-state index contributed by atoms with van der Waals surface area (Å²) >= 11 is 0. The quantitative estimate of drug-likeness (QED) is 0.590. The summed E-state index contributed by atoms with van der Waals surface area (Å²) in [5, 5.41) is 9.86. The van der Waals surface area contributed by atoms with E-state index < -0.39 is 28.7 Å². The fourth-order valence-corrected chi connectivity index (χ4v) is 2.25. The van der Waals surface area contributed by atoms with Crippen LogP contribution in [0.1, 0.15) is 37.5 Å². The van der Waals surface area contributed by atoms with E-state index >= 15 is 0 Å². The van der Waals surface area contributed by atoms with Crippen LogP contribution in [-0.2, 0) is 15.8 Å². The van der Waals surface area contributed by atoms with Gasteiger partial charge in [0.1, 0.15) is 5.75 Å². The first kappa shape index (κ1) is 14.8. The Hall–Kier alpha value is -1.56. The van der Waals surface area contributed by atoms with Crippen molar-refractivity contribution in [3.05, 3.63) is 28.8 Å². The fraction of sp³-hybridized carbons (Fsp3) is 0.500. The van der Waals surface area contributed by atoms with Gasteiger partial charge in [-0.15, -0.1) is 0 Å². The van der Waals surface area contributed by atoms with E-state index in [0.717, 1.165) is 6.07 Å². The zero-order chi connectivity index (χ0) is 15.5. The molecule has 0 fully saturated rings. The van der Waals surface area contributed by atoms with Crippen molar-refractivity contribution >= 4 is 5.97 Å². The van der Waals surface area contributed by atoms with Crippen LogP contribution in [0.4, 0.5) is 13.2 Å². The van der Waals surface area contributed by atoms with E-state index in [9.17, 15) is 23.1 Å². The van der Waals surface area contributed by atoms with Gasteiger partial charge in [-0.05, 0) is 18.4 Å². The predicted molar refractivity (Wildman–Crippen MR) is 65.5 cm³/mol. The molecule has 0 aliphatic carbocycles. The minimum Gasteiger partial charge on any atom is -0.423 e. The molecule has 0 unspecified atom stereocenters. The van der Waals surface area contributed by atoms with Crippen LogP contribution in [0.25, 0.3) is 0 Å². The summed E-state index contributed by atoms with van der Waals surface area (Å²) in [5.41, 5.74) is -3.66. The van der Waals surface area contributed by atoms with Crippen LogP contribution in [0.5, 0.6) is 5.75 Å². The van der Waals surface area contributed by atoms with E-state index in [1.54, 1.807) is 33.8 Å². The molecule has 0 bridgehead atoms. The van der Waals surface area contributed by atoms with E-state index in [2.05, 4.69) is 0 Å². The van der Waals surface area contributed by atoms with Crippen molar-refractivity contribution < 1.29 is 27.8 Å². The van der Waals surface area contributed by atoms with Gasteiger partial charge in [-0.25, -0.2) is 4.79 Å². The third-order valence-corrected chi connectivity index (χ3v) is 3.33. The molecule has 0 radical (unpaired) electrons. The lowest BCUT2D eigenvalue weighted by Gasteiger charge is -2.24. The number of aryl methyl sites for hydroxylation is 1. The molecule has 0 aromatic heterocycles. The van der Waals surface area contributed by atoms with Crippen LogP contribution in [0.2, 0.25) is 0 Å². The lowest BCUT2D eigenvalue weighted by Crippen LogP contribution is -2.47. The van der Waals surface area contributed by atoms with Gasteiger partial charge in [0.05, 0.1) is 0 Å². The molecule has 1 aromatic carbocycles. The highest BCUT2D eigenvalue weighted by molar-refractivity contribution is 5.90. The minimum absolute atomic E-state index is 0.187. The van der Waals surface area contributed by atoms with Gasteiger partial charge in [0.15, 0.2) is 0 Å². The molecule has 1 aliphatic rings. The summed E-state index contributed by atoms with van der Waals surface area (Å²) in [6, 6.07) is 2.80. The maximum absolute atomic E-state index is 13.1. The molecule has 1 aromatic rings.